The first-order valence-electron chi connectivity index (χ1n) is 7.11. The van der Waals surface area contributed by atoms with Crippen molar-refractivity contribution >= 4 is 5.69 Å². The van der Waals surface area contributed by atoms with Gasteiger partial charge in [-0.05, 0) is 45.7 Å². The van der Waals surface area contributed by atoms with Crippen molar-refractivity contribution in [2.75, 3.05) is 24.6 Å². The Morgan fingerprint density at radius 1 is 1.42 bits per heavy atom. The van der Waals surface area contributed by atoms with Gasteiger partial charge in [0.25, 0.3) is 0 Å². The van der Waals surface area contributed by atoms with Gasteiger partial charge in [0.15, 0.2) is 0 Å². The van der Waals surface area contributed by atoms with E-state index in [4.69, 9.17) is 10.5 Å². The van der Waals surface area contributed by atoms with Crippen LogP contribution >= 0.6 is 0 Å². The lowest BCUT2D eigenvalue weighted by molar-refractivity contribution is -0.0277. The number of aryl methyl sites for hydroxylation is 1. The van der Waals surface area contributed by atoms with E-state index in [0.29, 0.717) is 0 Å². The molecular formula is C16H26N2O. The van der Waals surface area contributed by atoms with E-state index in [9.17, 15) is 0 Å². The Labute approximate surface area is 116 Å². The quantitative estimate of drug-likeness (QED) is 0.909. The molecule has 1 atom stereocenters. The summed E-state index contributed by atoms with van der Waals surface area (Å²) in [7, 11) is 0. The van der Waals surface area contributed by atoms with Crippen LogP contribution in [0.5, 0.6) is 0 Å². The molecule has 1 aliphatic rings. The lowest BCUT2D eigenvalue weighted by atomic mass is 10.00. The molecule has 106 valence electrons. The first-order chi connectivity index (χ1) is 8.87. The minimum Gasteiger partial charge on any atom is -0.372 e. The molecule has 0 aromatic heterocycles. The lowest BCUT2D eigenvalue weighted by Gasteiger charge is -2.40. The number of benzene rings is 1. The van der Waals surface area contributed by atoms with Crippen molar-refractivity contribution in [2.24, 2.45) is 5.73 Å². The Bertz CT molecular complexity index is 440. The molecule has 3 heteroatoms. The molecule has 19 heavy (non-hydrogen) atoms. The summed E-state index contributed by atoms with van der Waals surface area (Å²) in [4.78, 5) is 2.43. The summed E-state index contributed by atoms with van der Waals surface area (Å²) in [5.41, 5.74) is 9.88. The van der Waals surface area contributed by atoms with Crippen LogP contribution < -0.4 is 10.6 Å². The van der Waals surface area contributed by atoms with Crippen molar-refractivity contribution < 1.29 is 4.74 Å². The number of hydrogen-bond donors (Lipinski definition) is 1. The van der Waals surface area contributed by atoms with Crippen molar-refractivity contribution in [3.05, 3.63) is 29.3 Å². The summed E-state index contributed by atoms with van der Waals surface area (Å²) in [5, 5.41) is 0. The second-order valence-electron chi connectivity index (χ2n) is 6.34. The molecule has 2 N–H and O–H groups in total. The fourth-order valence-corrected chi connectivity index (χ4v) is 2.76. The van der Waals surface area contributed by atoms with Gasteiger partial charge in [-0.3, -0.25) is 0 Å². The van der Waals surface area contributed by atoms with E-state index >= 15 is 0 Å². The normalized spacial score (nSPS) is 20.4. The standard InChI is InChI=1S/C16H26N2O/c1-12-5-6-15(14(9-12)10-13(2)17)18-7-8-19-16(3,4)11-18/h5-6,9,13H,7-8,10-11,17H2,1-4H3. The SMILES string of the molecule is Cc1ccc(N2CCOC(C)(C)C2)c(CC(C)N)c1. The van der Waals surface area contributed by atoms with E-state index in [1.807, 2.05) is 0 Å². The highest BCUT2D eigenvalue weighted by Crippen LogP contribution is 2.27. The third kappa shape index (κ3) is 3.71. The van der Waals surface area contributed by atoms with E-state index in [1.165, 1.54) is 16.8 Å². The number of morpholine rings is 1. The minimum atomic E-state index is -0.0747. The minimum absolute atomic E-state index is 0.0747. The average Bonchev–Trinajstić information content (AvgIpc) is 2.26. The Hall–Kier alpha value is -1.06. The van der Waals surface area contributed by atoms with E-state index < -0.39 is 0 Å². The van der Waals surface area contributed by atoms with Crippen molar-refractivity contribution in [3.63, 3.8) is 0 Å². The van der Waals surface area contributed by atoms with Gasteiger partial charge >= 0.3 is 0 Å². The zero-order chi connectivity index (χ0) is 14.0. The molecule has 0 amide bonds. The predicted octanol–water partition coefficient (Wildman–Crippen LogP) is 2.50. The highest BCUT2D eigenvalue weighted by molar-refractivity contribution is 5.56. The molecule has 1 heterocycles. The van der Waals surface area contributed by atoms with E-state index in [-0.39, 0.29) is 11.6 Å². The zero-order valence-electron chi connectivity index (χ0n) is 12.6. The van der Waals surface area contributed by atoms with E-state index in [2.05, 4.69) is 50.8 Å². The molecule has 3 nitrogen and oxygen atoms in total. The van der Waals surface area contributed by atoms with Gasteiger partial charge in [-0.2, -0.15) is 0 Å². The van der Waals surface area contributed by atoms with Gasteiger partial charge in [0.1, 0.15) is 0 Å². The van der Waals surface area contributed by atoms with Crippen LogP contribution in [0.1, 0.15) is 31.9 Å². The Morgan fingerprint density at radius 3 is 2.79 bits per heavy atom. The molecule has 0 bridgehead atoms. The van der Waals surface area contributed by atoms with Crippen LogP contribution in [0.3, 0.4) is 0 Å². The molecule has 1 aromatic carbocycles. The van der Waals surface area contributed by atoms with Gasteiger partial charge in [0, 0.05) is 24.8 Å². The first kappa shape index (κ1) is 14.4. The Morgan fingerprint density at radius 2 is 2.16 bits per heavy atom. The van der Waals surface area contributed by atoms with Crippen molar-refractivity contribution in [3.8, 4) is 0 Å². The van der Waals surface area contributed by atoms with Crippen molar-refractivity contribution in [2.45, 2.75) is 45.8 Å². The smallest absolute Gasteiger partial charge is 0.0801 e. The van der Waals surface area contributed by atoms with Crippen molar-refractivity contribution in [1.29, 1.82) is 0 Å². The second-order valence-corrected chi connectivity index (χ2v) is 6.34. The molecule has 2 rings (SSSR count). The summed E-state index contributed by atoms with van der Waals surface area (Å²) in [5.74, 6) is 0. The molecule has 0 aliphatic carbocycles. The third-order valence-electron chi connectivity index (χ3n) is 3.54. The van der Waals surface area contributed by atoms with Crippen LogP contribution in [0.2, 0.25) is 0 Å². The molecule has 1 unspecified atom stereocenters. The van der Waals surface area contributed by atoms with Crippen LogP contribution in [0.15, 0.2) is 18.2 Å². The monoisotopic (exact) mass is 262 g/mol. The van der Waals surface area contributed by atoms with Crippen LogP contribution in [-0.4, -0.2) is 31.3 Å². The molecule has 0 spiro atoms. The summed E-state index contributed by atoms with van der Waals surface area (Å²) in [6.45, 7) is 11.2. The maximum atomic E-state index is 5.98. The molecular weight excluding hydrogens is 236 g/mol. The van der Waals surface area contributed by atoms with Crippen LogP contribution in [-0.2, 0) is 11.2 Å². The largest absolute Gasteiger partial charge is 0.372 e. The molecule has 1 saturated heterocycles. The lowest BCUT2D eigenvalue weighted by Crippen LogP contribution is -2.48. The number of rotatable bonds is 3. The number of nitrogens with two attached hydrogens (primary N) is 1. The molecule has 0 radical (unpaired) electrons. The number of anilines is 1. The van der Waals surface area contributed by atoms with Crippen molar-refractivity contribution in [1.82, 2.24) is 0 Å². The highest BCUT2D eigenvalue weighted by atomic mass is 16.5. The number of ether oxygens (including phenoxy) is 1. The first-order valence-corrected chi connectivity index (χ1v) is 7.11. The van der Waals surface area contributed by atoms with E-state index in [1.54, 1.807) is 0 Å². The Balaban J connectivity index is 2.27. The fraction of sp³-hybridized carbons (Fsp3) is 0.625. The number of hydrogen-bond acceptors (Lipinski definition) is 3. The highest BCUT2D eigenvalue weighted by Gasteiger charge is 2.28. The fourth-order valence-electron chi connectivity index (χ4n) is 2.76. The average molecular weight is 262 g/mol. The predicted molar refractivity (Wildman–Crippen MR) is 80.8 cm³/mol. The summed E-state index contributed by atoms with van der Waals surface area (Å²) in [6.07, 6.45) is 0.925. The maximum absolute atomic E-state index is 5.98. The number of nitrogens with zero attached hydrogens (tertiary/aromatic N) is 1. The summed E-state index contributed by atoms with van der Waals surface area (Å²) < 4.78 is 5.80. The van der Waals surface area contributed by atoms with Gasteiger partial charge in [0.2, 0.25) is 0 Å². The topological polar surface area (TPSA) is 38.5 Å². The summed E-state index contributed by atoms with van der Waals surface area (Å²) in [6, 6.07) is 6.87. The molecule has 1 aliphatic heterocycles. The van der Waals surface area contributed by atoms with Crippen LogP contribution in [0.4, 0.5) is 5.69 Å². The molecule has 1 aromatic rings. The third-order valence-corrected chi connectivity index (χ3v) is 3.54. The van der Waals surface area contributed by atoms with E-state index in [0.717, 1.165) is 26.1 Å². The van der Waals surface area contributed by atoms with Gasteiger partial charge in [-0.15, -0.1) is 0 Å². The zero-order valence-corrected chi connectivity index (χ0v) is 12.6. The van der Waals surface area contributed by atoms with Crippen LogP contribution in [0, 0.1) is 6.92 Å². The van der Waals surface area contributed by atoms with Gasteiger partial charge in [-0.25, -0.2) is 0 Å². The van der Waals surface area contributed by atoms with Gasteiger partial charge in [0.05, 0.1) is 12.2 Å². The maximum Gasteiger partial charge on any atom is 0.0801 e. The Kier molecular flexibility index (Phi) is 4.16. The molecule has 1 fully saturated rings. The molecule has 0 saturated carbocycles. The van der Waals surface area contributed by atoms with Gasteiger partial charge < -0.3 is 15.4 Å². The van der Waals surface area contributed by atoms with Gasteiger partial charge in [-0.1, -0.05) is 17.7 Å². The summed E-state index contributed by atoms with van der Waals surface area (Å²) >= 11 is 0. The second kappa shape index (κ2) is 5.51. The van der Waals surface area contributed by atoms with Crippen LogP contribution in [0.25, 0.3) is 0 Å².